The second kappa shape index (κ2) is 8.94. The lowest BCUT2D eigenvalue weighted by Gasteiger charge is -2.21. The molecule has 2 rings (SSSR count). The molecule has 1 atom stereocenters. The first-order valence-electron chi connectivity index (χ1n) is 8.90. The second-order valence-corrected chi connectivity index (χ2v) is 8.69. The van der Waals surface area contributed by atoms with Crippen LogP contribution in [0.25, 0.3) is 10.2 Å². The first-order valence-corrected chi connectivity index (χ1v) is 9.72. The third kappa shape index (κ3) is 6.63. The predicted octanol–water partition coefficient (Wildman–Crippen LogP) is 2.45. The Morgan fingerprint density at radius 3 is 2.59 bits per heavy atom. The van der Waals surface area contributed by atoms with Crippen LogP contribution in [0, 0.1) is 5.41 Å². The van der Waals surface area contributed by atoms with Crippen molar-refractivity contribution in [2.75, 3.05) is 6.54 Å². The molecule has 8 heteroatoms. The highest BCUT2D eigenvalue weighted by molar-refractivity contribution is 7.20. The summed E-state index contributed by atoms with van der Waals surface area (Å²) in [6.45, 7) is 6.35. The molecule has 0 bridgehead atoms. The average molecular weight is 390 g/mol. The van der Waals surface area contributed by atoms with Crippen molar-refractivity contribution < 1.29 is 9.59 Å². The Hall–Kier alpha value is -2.48. The van der Waals surface area contributed by atoms with Crippen LogP contribution in [0.1, 0.15) is 49.8 Å². The fourth-order valence-electron chi connectivity index (χ4n) is 2.63. The van der Waals surface area contributed by atoms with Crippen molar-refractivity contribution >= 4 is 39.2 Å². The molecule has 1 amide bonds. The smallest absolute Gasteiger partial charge is 0.221 e. The molecule has 1 aromatic heterocycles. The van der Waals surface area contributed by atoms with E-state index in [-0.39, 0.29) is 23.1 Å². The second-order valence-electron chi connectivity index (χ2n) is 7.66. The third-order valence-corrected chi connectivity index (χ3v) is 4.84. The van der Waals surface area contributed by atoms with Crippen LogP contribution in [0.4, 0.5) is 0 Å². The van der Waals surface area contributed by atoms with E-state index in [9.17, 15) is 9.59 Å². The number of aromatic nitrogens is 1. The zero-order valence-electron chi connectivity index (χ0n) is 16.0. The summed E-state index contributed by atoms with van der Waals surface area (Å²) in [5, 5.41) is 3.27. The lowest BCUT2D eigenvalue weighted by Crippen LogP contribution is -2.42. The van der Waals surface area contributed by atoms with Gasteiger partial charge in [-0.3, -0.25) is 14.6 Å². The van der Waals surface area contributed by atoms with Crippen LogP contribution in [0.15, 0.2) is 29.3 Å². The van der Waals surface area contributed by atoms with Gasteiger partial charge >= 0.3 is 0 Å². The number of para-hydroxylation sites is 1. The number of hydrogen-bond acceptors (Lipinski definition) is 5. The maximum absolute atomic E-state index is 13.0. The van der Waals surface area contributed by atoms with E-state index in [4.69, 9.17) is 11.5 Å². The Labute approximate surface area is 163 Å². The van der Waals surface area contributed by atoms with E-state index in [1.54, 1.807) is 0 Å². The largest absolute Gasteiger partial charge is 0.370 e. The number of carbonyl (C=O) groups is 2. The molecule has 0 radical (unpaired) electrons. The van der Waals surface area contributed by atoms with E-state index >= 15 is 0 Å². The molecule has 7 nitrogen and oxygen atoms in total. The van der Waals surface area contributed by atoms with Crippen molar-refractivity contribution in [2.45, 2.75) is 46.1 Å². The zero-order chi connectivity index (χ0) is 20.0. The van der Waals surface area contributed by atoms with Gasteiger partial charge in [-0.05, 0) is 30.4 Å². The first-order chi connectivity index (χ1) is 12.7. The van der Waals surface area contributed by atoms with Crippen molar-refractivity contribution in [1.82, 2.24) is 10.3 Å². The van der Waals surface area contributed by atoms with Crippen molar-refractivity contribution in [1.29, 1.82) is 0 Å². The summed E-state index contributed by atoms with van der Waals surface area (Å²) in [6, 6.07) is 6.94. The van der Waals surface area contributed by atoms with Gasteiger partial charge in [-0.15, -0.1) is 11.3 Å². The number of nitrogens with two attached hydrogens (primary N) is 2. The molecule has 0 saturated carbocycles. The minimum absolute atomic E-state index is 0.0146. The Balaban J connectivity index is 2.14. The highest BCUT2D eigenvalue weighted by Crippen LogP contribution is 2.24. The SMILES string of the molecule is CC(C)(C)CC(=O)NC(CCCN=C(N)N)C(=O)c1nc2ccccc2s1. The first kappa shape index (κ1) is 20.8. The molecule has 0 fully saturated rings. The number of benzene rings is 1. The molecule has 0 spiro atoms. The van der Waals surface area contributed by atoms with Gasteiger partial charge in [0.05, 0.1) is 16.3 Å². The minimum Gasteiger partial charge on any atom is -0.370 e. The van der Waals surface area contributed by atoms with Gasteiger partial charge in [-0.2, -0.15) is 0 Å². The monoisotopic (exact) mass is 389 g/mol. The number of nitrogens with one attached hydrogen (secondary N) is 1. The number of nitrogens with zero attached hydrogens (tertiary/aromatic N) is 2. The van der Waals surface area contributed by atoms with Crippen LogP contribution >= 0.6 is 11.3 Å². The minimum atomic E-state index is -0.644. The van der Waals surface area contributed by atoms with Crippen LogP contribution in [-0.2, 0) is 4.79 Å². The fourth-order valence-corrected chi connectivity index (χ4v) is 3.59. The summed E-state index contributed by atoms with van der Waals surface area (Å²) in [5.74, 6) is -0.312. The summed E-state index contributed by atoms with van der Waals surface area (Å²) in [7, 11) is 0. The number of thiazole rings is 1. The molecular weight excluding hydrogens is 362 g/mol. The van der Waals surface area contributed by atoms with Crippen LogP contribution < -0.4 is 16.8 Å². The van der Waals surface area contributed by atoms with E-state index in [1.807, 2.05) is 45.0 Å². The molecule has 5 N–H and O–H groups in total. The van der Waals surface area contributed by atoms with Crippen molar-refractivity contribution in [2.24, 2.45) is 21.9 Å². The quantitative estimate of drug-likeness (QED) is 0.277. The van der Waals surface area contributed by atoms with Crippen molar-refractivity contribution in [3.63, 3.8) is 0 Å². The van der Waals surface area contributed by atoms with Crippen LogP contribution in [0.3, 0.4) is 0 Å². The molecule has 0 saturated heterocycles. The van der Waals surface area contributed by atoms with Gasteiger partial charge in [0.15, 0.2) is 11.0 Å². The summed E-state index contributed by atoms with van der Waals surface area (Å²) < 4.78 is 0.945. The van der Waals surface area contributed by atoms with Crippen LogP contribution in [0.2, 0.25) is 0 Å². The number of rotatable bonds is 8. The van der Waals surface area contributed by atoms with E-state index in [1.165, 1.54) is 11.3 Å². The van der Waals surface area contributed by atoms with Crippen LogP contribution in [0.5, 0.6) is 0 Å². The maximum Gasteiger partial charge on any atom is 0.221 e. The Morgan fingerprint density at radius 2 is 1.96 bits per heavy atom. The standard InChI is InChI=1S/C19H27N5O2S/c1-19(2,3)11-15(25)23-13(8-6-10-22-18(20)21)16(26)17-24-12-7-4-5-9-14(12)27-17/h4-5,7,9,13H,6,8,10-11H2,1-3H3,(H,23,25)(H4,20,21,22). The molecule has 0 aliphatic carbocycles. The number of hydrogen-bond donors (Lipinski definition) is 3. The highest BCUT2D eigenvalue weighted by Gasteiger charge is 2.26. The summed E-state index contributed by atoms with van der Waals surface area (Å²) >= 11 is 1.34. The Bertz CT molecular complexity index is 801. The molecule has 146 valence electrons. The lowest BCUT2D eigenvalue weighted by molar-refractivity contribution is -0.123. The van der Waals surface area contributed by atoms with Gasteiger partial charge in [-0.1, -0.05) is 32.9 Å². The van der Waals surface area contributed by atoms with Crippen molar-refractivity contribution in [3.8, 4) is 0 Å². The Morgan fingerprint density at radius 1 is 1.26 bits per heavy atom. The van der Waals surface area contributed by atoms with E-state index in [0.29, 0.717) is 30.8 Å². The molecule has 1 unspecified atom stereocenters. The van der Waals surface area contributed by atoms with Crippen LogP contribution in [-0.4, -0.2) is 35.2 Å². The molecule has 0 aliphatic heterocycles. The van der Waals surface area contributed by atoms with Gasteiger partial charge in [0, 0.05) is 13.0 Å². The summed E-state index contributed by atoms with van der Waals surface area (Å²) in [5.41, 5.74) is 11.3. The highest BCUT2D eigenvalue weighted by atomic mass is 32.1. The summed E-state index contributed by atoms with van der Waals surface area (Å²) in [6.07, 6.45) is 1.36. The van der Waals surface area contributed by atoms with E-state index < -0.39 is 6.04 Å². The van der Waals surface area contributed by atoms with E-state index in [0.717, 1.165) is 10.2 Å². The number of Topliss-reactive ketones (excluding diaryl/α,β-unsaturated/α-hetero) is 1. The number of aliphatic imine (C=N–C) groups is 1. The Kier molecular flexibility index (Phi) is 6.90. The number of guanidine groups is 1. The van der Waals surface area contributed by atoms with Gasteiger partial charge in [0.1, 0.15) is 0 Å². The fraction of sp³-hybridized carbons (Fsp3) is 0.474. The number of carbonyl (C=O) groups excluding carboxylic acids is 2. The predicted molar refractivity (Wildman–Crippen MR) is 110 cm³/mol. The van der Waals surface area contributed by atoms with E-state index in [2.05, 4.69) is 15.3 Å². The molecule has 1 heterocycles. The van der Waals surface area contributed by atoms with Crippen molar-refractivity contribution in [3.05, 3.63) is 29.3 Å². The van der Waals surface area contributed by atoms with Gasteiger partial charge in [0.2, 0.25) is 11.7 Å². The van der Waals surface area contributed by atoms with Gasteiger partial charge in [0.25, 0.3) is 0 Å². The zero-order valence-corrected chi connectivity index (χ0v) is 16.8. The molecule has 1 aromatic carbocycles. The number of ketones is 1. The topological polar surface area (TPSA) is 123 Å². The lowest BCUT2D eigenvalue weighted by atomic mass is 9.91. The maximum atomic E-state index is 13.0. The normalized spacial score (nSPS) is 12.6. The molecule has 27 heavy (non-hydrogen) atoms. The molecular formula is C19H27N5O2S. The van der Waals surface area contributed by atoms with Gasteiger partial charge in [-0.25, -0.2) is 4.98 Å². The number of amides is 1. The summed E-state index contributed by atoms with van der Waals surface area (Å²) in [4.78, 5) is 33.7. The number of fused-ring (bicyclic) bond motifs is 1. The molecule has 0 aliphatic rings. The van der Waals surface area contributed by atoms with Gasteiger partial charge < -0.3 is 16.8 Å². The average Bonchev–Trinajstić information content (AvgIpc) is 2.99. The molecule has 2 aromatic rings. The third-order valence-electron chi connectivity index (χ3n) is 3.79.